The second-order valence-corrected chi connectivity index (χ2v) is 4.31. The number of hydrogen-bond donors (Lipinski definition) is 1. The maximum atomic E-state index is 14.3. The minimum Gasteiger partial charge on any atom is -0.324 e. The smallest absolute Gasteiger partial charge is 0.301 e. The summed E-state index contributed by atoms with van der Waals surface area (Å²) < 4.78 is 42.7. The summed E-state index contributed by atoms with van der Waals surface area (Å²) in [5.41, 5.74) is 4.67. The highest BCUT2D eigenvalue weighted by Crippen LogP contribution is 2.38. The normalized spacial score (nSPS) is 12.7. The lowest BCUT2D eigenvalue weighted by molar-refractivity contribution is 0.0386. The lowest BCUT2D eigenvalue weighted by atomic mass is 9.96. The first-order valence-corrected chi connectivity index (χ1v) is 5.77. The van der Waals surface area contributed by atoms with Gasteiger partial charge in [-0.1, -0.05) is 12.1 Å². The molecule has 108 valence electrons. The fraction of sp³-hybridized carbons (Fsp3) is 0.214. The van der Waals surface area contributed by atoms with E-state index >= 15 is 0 Å². The number of nitrogens with zero attached hydrogens (tertiary/aromatic N) is 1. The molecule has 0 fully saturated rings. The van der Waals surface area contributed by atoms with E-state index in [-0.39, 0.29) is 23.5 Å². The molecule has 0 saturated carbocycles. The van der Waals surface area contributed by atoms with E-state index in [1.54, 1.807) is 6.92 Å². The van der Waals surface area contributed by atoms with E-state index in [1.165, 1.54) is 24.5 Å². The van der Waals surface area contributed by atoms with E-state index in [4.69, 9.17) is 5.73 Å². The number of aromatic nitrogens is 1. The van der Waals surface area contributed by atoms with Crippen molar-refractivity contribution in [1.29, 1.82) is 0 Å². The Bertz CT molecular complexity index is 574. The molecule has 0 bridgehead atoms. The van der Waals surface area contributed by atoms with E-state index < -0.39 is 23.3 Å². The quantitative estimate of drug-likeness (QED) is 0.936. The van der Waals surface area contributed by atoms with Gasteiger partial charge in [-0.3, -0.25) is 4.98 Å². The van der Waals surface area contributed by atoms with Gasteiger partial charge >= 0.3 is 5.92 Å². The van der Waals surface area contributed by atoms with Crippen LogP contribution in [0.4, 0.5) is 13.2 Å². The number of halogens is 4. The van der Waals surface area contributed by atoms with Gasteiger partial charge in [0, 0.05) is 29.6 Å². The van der Waals surface area contributed by atoms with Crippen LogP contribution in [0.15, 0.2) is 42.7 Å². The number of nitrogens with two attached hydrogens (primary N) is 1. The van der Waals surface area contributed by atoms with Crippen LogP contribution in [-0.4, -0.2) is 4.98 Å². The molecular weight excluding hydrogens is 289 g/mol. The van der Waals surface area contributed by atoms with Crippen molar-refractivity contribution in [2.45, 2.75) is 18.9 Å². The van der Waals surface area contributed by atoms with Crippen LogP contribution in [-0.2, 0) is 5.92 Å². The Morgan fingerprint density at radius 2 is 1.75 bits per heavy atom. The Labute approximate surface area is 121 Å². The van der Waals surface area contributed by atoms with Crippen LogP contribution in [0.2, 0.25) is 0 Å². The third kappa shape index (κ3) is 2.94. The minimum atomic E-state index is -3.42. The Kier molecular flexibility index (Phi) is 5.14. The summed E-state index contributed by atoms with van der Waals surface area (Å²) in [6.45, 7) is 1.55. The summed E-state index contributed by atoms with van der Waals surface area (Å²) in [4.78, 5) is 3.67. The van der Waals surface area contributed by atoms with Crippen molar-refractivity contribution >= 4 is 12.4 Å². The highest BCUT2D eigenvalue weighted by atomic mass is 35.5. The van der Waals surface area contributed by atoms with E-state index in [0.717, 1.165) is 18.2 Å². The first-order chi connectivity index (χ1) is 8.94. The van der Waals surface area contributed by atoms with Crippen LogP contribution in [0.1, 0.15) is 29.7 Å². The molecule has 20 heavy (non-hydrogen) atoms. The Balaban J connectivity index is 0.00000200. The number of rotatable bonds is 3. The van der Waals surface area contributed by atoms with E-state index in [9.17, 15) is 13.2 Å². The summed E-state index contributed by atoms with van der Waals surface area (Å²) in [5, 5.41) is 0. The third-order valence-electron chi connectivity index (χ3n) is 2.90. The standard InChI is InChI=1S/C14H13F3N2.ClH/c1-9(18)11-3-2-4-12(13(11)15)14(16,17)10-5-7-19-8-6-10;/h2-9H,18H2,1H3;1H. The van der Waals surface area contributed by atoms with Crippen LogP contribution >= 0.6 is 12.4 Å². The monoisotopic (exact) mass is 302 g/mol. The molecule has 0 amide bonds. The molecule has 2 N–H and O–H groups in total. The van der Waals surface area contributed by atoms with E-state index in [2.05, 4.69) is 4.98 Å². The number of alkyl halides is 2. The van der Waals surface area contributed by atoms with Crippen LogP contribution in [0, 0.1) is 5.82 Å². The molecular formula is C14H14ClF3N2. The summed E-state index contributed by atoms with van der Waals surface area (Å²) >= 11 is 0. The maximum Gasteiger partial charge on any atom is 0.301 e. The Hall–Kier alpha value is -1.59. The molecule has 1 aromatic heterocycles. The second kappa shape index (κ2) is 6.24. The summed E-state index contributed by atoms with van der Waals surface area (Å²) in [6.07, 6.45) is 2.49. The average Bonchev–Trinajstić information content (AvgIpc) is 2.39. The second-order valence-electron chi connectivity index (χ2n) is 4.31. The molecule has 0 spiro atoms. The molecule has 1 aromatic carbocycles. The van der Waals surface area contributed by atoms with Crippen molar-refractivity contribution in [3.05, 3.63) is 65.2 Å². The minimum absolute atomic E-state index is 0. The zero-order valence-corrected chi connectivity index (χ0v) is 11.5. The average molecular weight is 303 g/mol. The third-order valence-corrected chi connectivity index (χ3v) is 2.90. The SMILES string of the molecule is CC(N)c1cccc(C(F)(F)c2ccncc2)c1F.Cl. The van der Waals surface area contributed by atoms with Crippen molar-refractivity contribution in [2.24, 2.45) is 5.73 Å². The van der Waals surface area contributed by atoms with Gasteiger partial charge in [0.1, 0.15) is 5.82 Å². The highest BCUT2D eigenvalue weighted by Gasteiger charge is 2.37. The number of pyridine rings is 1. The van der Waals surface area contributed by atoms with Gasteiger partial charge in [0.25, 0.3) is 0 Å². The molecule has 1 heterocycles. The van der Waals surface area contributed by atoms with Crippen LogP contribution < -0.4 is 5.73 Å². The molecule has 0 aliphatic rings. The summed E-state index contributed by atoms with van der Waals surface area (Å²) in [5.74, 6) is -4.38. The van der Waals surface area contributed by atoms with Gasteiger partial charge in [0.05, 0.1) is 5.56 Å². The van der Waals surface area contributed by atoms with Gasteiger partial charge in [-0.25, -0.2) is 4.39 Å². The predicted molar refractivity (Wildman–Crippen MR) is 73.5 cm³/mol. The van der Waals surface area contributed by atoms with Gasteiger partial charge < -0.3 is 5.73 Å². The summed E-state index contributed by atoms with van der Waals surface area (Å²) in [7, 11) is 0. The van der Waals surface area contributed by atoms with Gasteiger partial charge in [-0.05, 0) is 25.1 Å². The lowest BCUT2D eigenvalue weighted by Crippen LogP contribution is -2.19. The Morgan fingerprint density at radius 1 is 1.15 bits per heavy atom. The molecule has 2 rings (SSSR count). The molecule has 6 heteroatoms. The fourth-order valence-corrected chi connectivity index (χ4v) is 1.86. The van der Waals surface area contributed by atoms with Crippen molar-refractivity contribution < 1.29 is 13.2 Å². The molecule has 1 atom stereocenters. The fourth-order valence-electron chi connectivity index (χ4n) is 1.86. The van der Waals surface area contributed by atoms with Gasteiger partial charge in [-0.2, -0.15) is 8.78 Å². The van der Waals surface area contributed by atoms with E-state index in [0.29, 0.717) is 0 Å². The van der Waals surface area contributed by atoms with Crippen LogP contribution in [0.3, 0.4) is 0 Å². The van der Waals surface area contributed by atoms with E-state index in [1.807, 2.05) is 0 Å². The predicted octanol–water partition coefficient (Wildman–Crippen LogP) is 3.80. The Morgan fingerprint density at radius 3 is 2.30 bits per heavy atom. The molecule has 2 nitrogen and oxygen atoms in total. The van der Waals surface area contributed by atoms with Crippen molar-refractivity contribution in [2.75, 3.05) is 0 Å². The zero-order valence-electron chi connectivity index (χ0n) is 10.7. The number of hydrogen-bond acceptors (Lipinski definition) is 2. The summed E-state index contributed by atoms with van der Waals surface area (Å²) in [6, 6.07) is 5.55. The van der Waals surface area contributed by atoms with Crippen molar-refractivity contribution in [1.82, 2.24) is 4.98 Å². The maximum absolute atomic E-state index is 14.3. The van der Waals surface area contributed by atoms with Crippen LogP contribution in [0.25, 0.3) is 0 Å². The molecule has 0 aliphatic heterocycles. The molecule has 0 saturated heterocycles. The van der Waals surface area contributed by atoms with Crippen molar-refractivity contribution in [3.8, 4) is 0 Å². The van der Waals surface area contributed by atoms with Crippen LogP contribution in [0.5, 0.6) is 0 Å². The van der Waals surface area contributed by atoms with Crippen molar-refractivity contribution in [3.63, 3.8) is 0 Å². The first kappa shape index (κ1) is 16.5. The number of benzene rings is 1. The molecule has 0 aliphatic carbocycles. The molecule has 0 radical (unpaired) electrons. The molecule has 1 unspecified atom stereocenters. The lowest BCUT2D eigenvalue weighted by Gasteiger charge is -2.19. The molecule has 2 aromatic rings. The topological polar surface area (TPSA) is 38.9 Å². The largest absolute Gasteiger partial charge is 0.324 e. The zero-order chi connectivity index (χ0) is 14.0. The van der Waals surface area contributed by atoms with Gasteiger partial charge in [0.2, 0.25) is 0 Å². The van der Waals surface area contributed by atoms with Gasteiger partial charge in [0.15, 0.2) is 0 Å². The highest BCUT2D eigenvalue weighted by molar-refractivity contribution is 5.85. The van der Waals surface area contributed by atoms with Gasteiger partial charge in [-0.15, -0.1) is 12.4 Å². The first-order valence-electron chi connectivity index (χ1n) is 5.77.